The van der Waals surface area contributed by atoms with E-state index in [0.717, 1.165) is 59.5 Å². The number of nitrogens with zero attached hydrogens (tertiary/aromatic N) is 5. The van der Waals surface area contributed by atoms with Crippen LogP contribution in [0.1, 0.15) is 54.7 Å². The maximum Gasteiger partial charge on any atom is 0.252 e. The van der Waals surface area contributed by atoms with Gasteiger partial charge in [0.05, 0.1) is 25.8 Å². The van der Waals surface area contributed by atoms with Gasteiger partial charge in [0.2, 0.25) is 0 Å². The van der Waals surface area contributed by atoms with Crippen LogP contribution in [0.2, 0.25) is 0 Å². The number of aromatic nitrogens is 5. The van der Waals surface area contributed by atoms with E-state index in [4.69, 9.17) is 9.47 Å². The first-order valence-electron chi connectivity index (χ1n) is 12.9. The number of rotatable bonds is 10. The summed E-state index contributed by atoms with van der Waals surface area (Å²) in [5, 5.41) is 13.8. The van der Waals surface area contributed by atoms with Crippen LogP contribution in [0.4, 0.5) is 0 Å². The number of hydrogen-bond donors (Lipinski definition) is 1. The molecule has 0 spiro atoms. The highest BCUT2D eigenvalue weighted by Crippen LogP contribution is 2.28. The summed E-state index contributed by atoms with van der Waals surface area (Å²) in [5.41, 5.74) is 3.71. The molecule has 0 saturated carbocycles. The van der Waals surface area contributed by atoms with Gasteiger partial charge in [-0.15, -0.1) is 5.10 Å². The van der Waals surface area contributed by atoms with Gasteiger partial charge >= 0.3 is 0 Å². The number of aromatic amines is 1. The Morgan fingerprint density at radius 3 is 2.76 bits per heavy atom. The van der Waals surface area contributed by atoms with Crippen LogP contribution >= 0.6 is 0 Å². The topological polar surface area (TPSA) is 98.2 Å². The molecule has 1 N–H and O–H groups in total. The number of hydrogen-bond acceptors (Lipinski definition) is 7. The summed E-state index contributed by atoms with van der Waals surface area (Å²) in [6, 6.07) is 16.1. The molecule has 2 atom stereocenters. The van der Waals surface area contributed by atoms with Gasteiger partial charge in [-0.1, -0.05) is 31.2 Å². The Kier molecular flexibility index (Phi) is 7.62. The average Bonchev–Trinajstić information content (AvgIpc) is 3.58. The van der Waals surface area contributed by atoms with Crippen LogP contribution in [0, 0.1) is 6.92 Å². The van der Waals surface area contributed by atoms with E-state index in [1.807, 2.05) is 35.9 Å². The zero-order valence-corrected chi connectivity index (χ0v) is 21.7. The van der Waals surface area contributed by atoms with Crippen LogP contribution < -0.4 is 10.3 Å². The Morgan fingerprint density at radius 1 is 1.19 bits per heavy atom. The van der Waals surface area contributed by atoms with Crippen LogP contribution in [0.25, 0.3) is 10.9 Å². The Labute approximate surface area is 216 Å². The molecule has 5 rings (SSSR count). The molecule has 3 heterocycles. The average molecular weight is 503 g/mol. The highest BCUT2D eigenvalue weighted by atomic mass is 16.5. The van der Waals surface area contributed by atoms with Gasteiger partial charge in [0.25, 0.3) is 5.56 Å². The fraction of sp³-hybridized carbons (Fsp3) is 0.429. The summed E-state index contributed by atoms with van der Waals surface area (Å²) in [7, 11) is 1.66. The van der Waals surface area contributed by atoms with Crippen molar-refractivity contribution in [1.82, 2.24) is 30.1 Å². The van der Waals surface area contributed by atoms with Gasteiger partial charge in [-0.3, -0.25) is 9.69 Å². The molecule has 0 amide bonds. The Hall–Kier alpha value is -3.56. The largest absolute Gasteiger partial charge is 0.497 e. The van der Waals surface area contributed by atoms with E-state index >= 15 is 0 Å². The van der Waals surface area contributed by atoms with Gasteiger partial charge in [-0.2, -0.15) is 0 Å². The van der Waals surface area contributed by atoms with E-state index in [1.54, 1.807) is 7.11 Å². The molecule has 2 unspecified atom stereocenters. The number of ether oxygens (including phenoxy) is 2. The monoisotopic (exact) mass is 502 g/mol. The molecule has 9 heteroatoms. The molecule has 2 aromatic carbocycles. The fourth-order valence-corrected chi connectivity index (χ4v) is 5.10. The first kappa shape index (κ1) is 25.1. The summed E-state index contributed by atoms with van der Waals surface area (Å²) in [5.74, 6) is 1.60. The summed E-state index contributed by atoms with van der Waals surface area (Å²) < 4.78 is 13.1. The molecule has 1 aliphatic rings. The van der Waals surface area contributed by atoms with Gasteiger partial charge in [0, 0.05) is 30.8 Å². The van der Waals surface area contributed by atoms with Crippen molar-refractivity contribution >= 4 is 10.9 Å². The van der Waals surface area contributed by atoms with Gasteiger partial charge in [-0.25, -0.2) is 4.68 Å². The molecule has 0 radical (unpaired) electrons. The van der Waals surface area contributed by atoms with Crippen LogP contribution in [-0.4, -0.2) is 49.9 Å². The lowest BCUT2D eigenvalue weighted by atomic mass is 10.1. The normalized spacial score (nSPS) is 16.5. The van der Waals surface area contributed by atoms with E-state index < -0.39 is 0 Å². The SMILES string of the molecule is CCC(c1nnnn1CC1CCCO1)N(Cc1ccc(OC)cc1)Cc1cc2ccc(C)cc2[nH]c1=O. The first-order valence-corrected chi connectivity index (χ1v) is 12.9. The van der Waals surface area contributed by atoms with Crippen molar-refractivity contribution in [2.45, 2.75) is 64.9 Å². The Bertz CT molecular complexity index is 1390. The maximum atomic E-state index is 13.1. The predicted molar refractivity (Wildman–Crippen MR) is 141 cm³/mol. The molecule has 9 nitrogen and oxygen atoms in total. The summed E-state index contributed by atoms with van der Waals surface area (Å²) in [6.07, 6.45) is 2.99. The molecule has 37 heavy (non-hydrogen) atoms. The number of benzene rings is 2. The number of methoxy groups -OCH3 is 1. The molecule has 0 bridgehead atoms. The molecule has 1 aliphatic heterocycles. The minimum atomic E-state index is -0.0911. The standard InChI is InChI=1S/C28H34N6O3/c1-4-26(27-30-31-32-34(27)18-24-6-5-13-37-24)33(16-20-8-11-23(36-3)12-9-20)17-22-15-21-10-7-19(2)14-25(21)29-28(22)35/h7-12,14-15,24,26H,4-6,13,16-18H2,1-3H3,(H,29,35). The van der Waals surface area contributed by atoms with E-state index in [1.165, 1.54) is 0 Å². The highest BCUT2D eigenvalue weighted by molar-refractivity contribution is 5.79. The lowest BCUT2D eigenvalue weighted by molar-refractivity contribution is 0.0888. The number of nitrogens with one attached hydrogen (secondary N) is 1. The number of pyridine rings is 1. The van der Waals surface area contributed by atoms with Crippen molar-refractivity contribution in [3.05, 3.63) is 81.4 Å². The molecule has 194 valence electrons. The maximum absolute atomic E-state index is 13.1. The van der Waals surface area contributed by atoms with Gasteiger partial charge < -0.3 is 14.5 Å². The number of H-pyrrole nitrogens is 1. The molecular formula is C28H34N6O3. The van der Waals surface area contributed by atoms with Crippen LogP contribution in [0.5, 0.6) is 5.75 Å². The Balaban J connectivity index is 1.49. The first-order chi connectivity index (χ1) is 18.0. The molecule has 1 fully saturated rings. The van der Waals surface area contributed by atoms with Crippen molar-refractivity contribution < 1.29 is 9.47 Å². The smallest absolute Gasteiger partial charge is 0.252 e. The Morgan fingerprint density at radius 2 is 2.03 bits per heavy atom. The zero-order chi connectivity index (χ0) is 25.8. The zero-order valence-electron chi connectivity index (χ0n) is 21.7. The summed E-state index contributed by atoms with van der Waals surface area (Å²) >= 11 is 0. The van der Waals surface area contributed by atoms with Crippen LogP contribution in [0.15, 0.2) is 53.3 Å². The number of fused-ring (bicyclic) bond motifs is 1. The third-order valence-electron chi connectivity index (χ3n) is 7.08. The molecule has 4 aromatic rings. The quantitative estimate of drug-likeness (QED) is 0.348. The van der Waals surface area contributed by atoms with Crippen LogP contribution in [-0.2, 0) is 24.4 Å². The lowest BCUT2D eigenvalue weighted by Gasteiger charge is -2.30. The second-order valence-electron chi connectivity index (χ2n) is 9.75. The number of aryl methyl sites for hydroxylation is 1. The minimum absolute atomic E-state index is 0.0772. The fourth-order valence-electron chi connectivity index (χ4n) is 5.10. The van der Waals surface area contributed by atoms with Crippen molar-refractivity contribution in [3.63, 3.8) is 0 Å². The third kappa shape index (κ3) is 5.73. The molecular weight excluding hydrogens is 468 g/mol. The van der Waals surface area contributed by atoms with E-state index in [0.29, 0.717) is 25.2 Å². The highest BCUT2D eigenvalue weighted by Gasteiger charge is 2.28. The van der Waals surface area contributed by atoms with Gasteiger partial charge in [-0.05, 0) is 77.4 Å². The van der Waals surface area contributed by atoms with Crippen LogP contribution in [0.3, 0.4) is 0 Å². The van der Waals surface area contributed by atoms with Gasteiger partial charge in [0.15, 0.2) is 5.82 Å². The van der Waals surface area contributed by atoms with Crippen molar-refractivity contribution in [2.24, 2.45) is 0 Å². The molecule has 1 saturated heterocycles. The lowest BCUT2D eigenvalue weighted by Crippen LogP contribution is -2.33. The second-order valence-corrected chi connectivity index (χ2v) is 9.75. The summed E-state index contributed by atoms with van der Waals surface area (Å²) in [6.45, 7) is 6.65. The number of tetrazole rings is 1. The van der Waals surface area contributed by atoms with Crippen molar-refractivity contribution in [3.8, 4) is 5.75 Å². The van der Waals surface area contributed by atoms with Gasteiger partial charge in [0.1, 0.15) is 5.75 Å². The summed E-state index contributed by atoms with van der Waals surface area (Å²) in [4.78, 5) is 18.5. The van der Waals surface area contributed by atoms with E-state index in [-0.39, 0.29) is 17.7 Å². The molecule has 2 aromatic heterocycles. The third-order valence-corrected chi connectivity index (χ3v) is 7.08. The van der Waals surface area contributed by atoms with E-state index in [2.05, 4.69) is 56.6 Å². The predicted octanol–water partition coefficient (Wildman–Crippen LogP) is 4.16. The van der Waals surface area contributed by atoms with E-state index in [9.17, 15) is 4.79 Å². The molecule has 0 aliphatic carbocycles. The second kappa shape index (κ2) is 11.2. The van der Waals surface area contributed by atoms with Crippen molar-refractivity contribution in [1.29, 1.82) is 0 Å². The van der Waals surface area contributed by atoms with Crippen molar-refractivity contribution in [2.75, 3.05) is 13.7 Å². The minimum Gasteiger partial charge on any atom is -0.497 e.